The Kier molecular flexibility index (Phi) is 10.2. The fraction of sp³-hybridized carbons (Fsp3) is 0.417. The number of nitrogens with zero attached hydrogens (tertiary/aromatic N) is 2. The fourth-order valence-corrected chi connectivity index (χ4v) is 4.56. The topological polar surface area (TPSA) is 86.8 Å². The van der Waals surface area contributed by atoms with E-state index in [4.69, 9.17) is 23.2 Å². The van der Waals surface area contributed by atoms with Gasteiger partial charge in [-0.15, -0.1) is 0 Å². The lowest BCUT2D eigenvalue weighted by Gasteiger charge is -2.32. The third kappa shape index (κ3) is 7.61. The highest BCUT2D eigenvalue weighted by Gasteiger charge is 2.30. The molecule has 186 valence electrons. The van der Waals surface area contributed by atoms with E-state index in [2.05, 4.69) is 5.32 Å². The lowest BCUT2D eigenvalue weighted by atomic mass is 10.1. The van der Waals surface area contributed by atoms with E-state index in [1.165, 1.54) is 4.90 Å². The summed E-state index contributed by atoms with van der Waals surface area (Å²) in [5.74, 6) is -0.821. The number of rotatable bonds is 11. The molecule has 0 unspecified atom stereocenters. The van der Waals surface area contributed by atoms with Crippen LogP contribution in [0.2, 0.25) is 10.0 Å². The van der Waals surface area contributed by atoms with Gasteiger partial charge in [-0.2, -0.15) is 0 Å². The summed E-state index contributed by atoms with van der Waals surface area (Å²) in [6, 6.07) is 11.0. The standard InChI is InChI=1S/C24H31Cl2N3O4S/c1-5-6-14-27-24(31)18(3)28(15-19-10-12-20(25)13-11-19)23(30)16-29(34(4,32)33)22-9-7-8-21(26)17(22)2/h7-13,18H,5-6,14-16H2,1-4H3,(H,27,31)/t18-/m0/s1. The zero-order valence-corrected chi connectivity index (χ0v) is 22.2. The summed E-state index contributed by atoms with van der Waals surface area (Å²) >= 11 is 12.2. The SMILES string of the molecule is CCCCNC(=O)[C@H](C)N(Cc1ccc(Cl)cc1)C(=O)CN(c1cccc(Cl)c1C)S(C)(=O)=O. The van der Waals surface area contributed by atoms with Crippen molar-refractivity contribution >= 4 is 50.7 Å². The molecule has 0 fully saturated rings. The summed E-state index contributed by atoms with van der Waals surface area (Å²) in [6.45, 7) is 5.48. The van der Waals surface area contributed by atoms with Crippen LogP contribution in [0.3, 0.4) is 0 Å². The molecule has 0 aliphatic rings. The van der Waals surface area contributed by atoms with Crippen molar-refractivity contribution in [3.8, 4) is 0 Å². The lowest BCUT2D eigenvalue weighted by molar-refractivity contribution is -0.139. The van der Waals surface area contributed by atoms with Gasteiger partial charge in [-0.05, 0) is 55.7 Å². The first-order valence-electron chi connectivity index (χ1n) is 11.0. The van der Waals surface area contributed by atoms with Crippen molar-refractivity contribution in [2.24, 2.45) is 0 Å². The molecule has 0 aliphatic carbocycles. The van der Waals surface area contributed by atoms with Gasteiger partial charge in [-0.1, -0.05) is 54.7 Å². The summed E-state index contributed by atoms with van der Waals surface area (Å²) < 4.78 is 26.3. The van der Waals surface area contributed by atoms with Crippen LogP contribution >= 0.6 is 23.2 Å². The van der Waals surface area contributed by atoms with Gasteiger partial charge < -0.3 is 10.2 Å². The number of unbranched alkanes of at least 4 members (excludes halogenated alkanes) is 1. The summed E-state index contributed by atoms with van der Waals surface area (Å²) in [5, 5.41) is 3.78. The predicted molar refractivity (Wildman–Crippen MR) is 138 cm³/mol. The molecule has 1 N–H and O–H groups in total. The second-order valence-electron chi connectivity index (χ2n) is 8.12. The minimum Gasteiger partial charge on any atom is -0.354 e. The van der Waals surface area contributed by atoms with Gasteiger partial charge in [0.1, 0.15) is 12.6 Å². The third-order valence-corrected chi connectivity index (χ3v) is 7.24. The van der Waals surface area contributed by atoms with Gasteiger partial charge in [0.15, 0.2) is 0 Å². The monoisotopic (exact) mass is 527 g/mol. The van der Waals surface area contributed by atoms with E-state index in [1.54, 1.807) is 56.3 Å². The second-order valence-corrected chi connectivity index (χ2v) is 10.9. The largest absolute Gasteiger partial charge is 0.354 e. The van der Waals surface area contributed by atoms with Crippen molar-refractivity contribution in [1.29, 1.82) is 0 Å². The number of hydrogen-bond donors (Lipinski definition) is 1. The molecule has 2 aromatic rings. The van der Waals surface area contributed by atoms with Gasteiger partial charge in [0.2, 0.25) is 21.8 Å². The van der Waals surface area contributed by atoms with Crippen LogP contribution in [-0.2, 0) is 26.2 Å². The van der Waals surface area contributed by atoms with Crippen LogP contribution in [0.4, 0.5) is 5.69 Å². The Bertz CT molecular complexity index is 1110. The quantitative estimate of drug-likeness (QED) is 0.438. The lowest BCUT2D eigenvalue weighted by Crippen LogP contribution is -2.51. The van der Waals surface area contributed by atoms with Crippen molar-refractivity contribution in [3.63, 3.8) is 0 Å². The maximum atomic E-state index is 13.5. The number of carbonyl (C=O) groups is 2. The zero-order chi connectivity index (χ0) is 25.5. The molecule has 0 aromatic heterocycles. The van der Waals surface area contributed by atoms with Crippen LogP contribution in [-0.4, -0.2) is 50.5 Å². The Labute approximate surface area is 212 Å². The van der Waals surface area contributed by atoms with Crippen LogP contribution in [0.1, 0.15) is 37.8 Å². The van der Waals surface area contributed by atoms with Gasteiger partial charge >= 0.3 is 0 Å². The first kappa shape index (κ1) is 28.0. The molecule has 0 radical (unpaired) electrons. The fourth-order valence-electron chi connectivity index (χ4n) is 3.37. The van der Waals surface area contributed by atoms with Crippen LogP contribution in [0, 0.1) is 6.92 Å². The first-order chi connectivity index (χ1) is 16.0. The van der Waals surface area contributed by atoms with Crippen LogP contribution in [0.15, 0.2) is 42.5 Å². The summed E-state index contributed by atoms with van der Waals surface area (Å²) in [7, 11) is -3.82. The molecule has 0 spiro atoms. The highest BCUT2D eigenvalue weighted by Crippen LogP contribution is 2.28. The minimum atomic E-state index is -3.82. The van der Waals surface area contributed by atoms with Gasteiger partial charge in [0, 0.05) is 23.1 Å². The Balaban J connectivity index is 2.38. The Morgan fingerprint density at radius 3 is 2.32 bits per heavy atom. The molecule has 34 heavy (non-hydrogen) atoms. The Morgan fingerprint density at radius 2 is 1.74 bits per heavy atom. The molecular weight excluding hydrogens is 497 g/mol. The van der Waals surface area contributed by atoms with Crippen molar-refractivity contribution in [1.82, 2.24) is 10.2 Å². The number of sulfonamides is 1. The summed E-state index contributed by atoms with van der Waals surface area (Å²) in [4.78, 5) is 27.7. The summed E-state index contributed by atoms with van der Waals surface area (Å²) in [5.41, 5.74) is 1.61. The number of nitrogens with one attached hydrogen (secondary N) is 1. The Hall–Kier alpha value is -2.29. The smallest absolute Gasteiger partial charge is 0.244 e. The molecule has 0 aliphatic heterocycles. The van der Waals surface area contributed by atoms with Crippen molar-refractivity contribution in [2.45, 2.75) is 46.2 Å². The second kappa shape index (κ2) is 12.4. The van der Waals surface area contributed by atoms with E-state index < -0.39 is 28.5 Å². The van der Waals surface area contributed by atoms with Crippen LogP contribution < -0.4 is 9.62 Å². The molecule has 2 aromatic carbocycles. The van der Waals surface area contributed by atoms with E-state index in [0.29, 0.717) is 27.8 Å². The maximum Gasteiger partial charge on any atom is 0.244 e. The maximum absolute atomic E-state index is 13.5. The molecule has 2 rings (SSSR count). The van der Waals surface area contributed by atoms with Crippen molar-refractivity contribution in [3.05, 3.63) is 63.6 Å². The Morgan fingerprint density at radius 1 is 1.09 bits per heavy atom. The molecule has 0 saturated carbocycles. The highest BCUT2D eigenvalue weighted by molar-refractivity contribution is 7.92. The van der Waals surface area contributed by atoms with Gasteiger partial charge in [-0.25, -0.2) is 8.42 Å². The van der Waals surface area contributed by atoms with Crippen LogP contribution in [0.25, 0.3) is 0 Å². The first-order valence-corrected chi connectivity index (χ1v) is 13.6. The van der Waals surface area contributed by atoms with Gasteiger partial charge in [0.25, 0.3) is 0 Å². The van der Waals surface area contributed by atoms with E-state index in [-0.39, 0.29) is 12.5 Å². The molecule has 0 bridgehead atoms. The number of carbonyl (C=O) groups excluding carboxylic acids is 2. The minimum absolute atomic E-state index is 0.116. The van der Waals surface area contributed by atoms with Crippen molar-refractivity contribution < 1.29 is 18.0 Å². The zero-order valence-electron chi connectivity index (χ0n) is 19.8. The van der Waals surface area contributed by atoms with E-state index in [0.717, 1.165) is 29.0 Å². The molecule has 1 atom stereocenters. The third-order valence-electron chi connectivity index (χ3n) is 5.45. The molecule has 0 saturated heterocycles. The number of benzene rings is 2. The average Bonchev–Trinajstić information content (AvgIpc) is 2.78. The van der Waals surface area contributed by atoms with Gasteiger partial charge in [-0.3, -0.25) is 13.9 Å². The molecular formula is C24H31Cl2N3O4S. The highest BCUT2D eigenvalue weighted by atomic mass is 35.5. The van der Waals surface area contributed by atoms with E-state index in [1.807, 2.05) is 6.92 Å². The number of hydrogen-bond acceptors (Lipinski definition) is 4. The average molecular weight is 529 g/mol. The summed E-state index contributed by atoms with van der Waals surface area (Å²) in [6.07, 6.45) is 2.77. The van der Waals surface area contributed by atoms with Crippen LogP contribution in [0.5, 0.6) is 0 Å². The van der Waals surface area contributed by atoms with Crippen molar-refractivity contribution in [2.75, 3.05) is 23.7 Å². The number of anilines is 1. The number of amides is 2. The van der Waals surface area contributed by atoms with E-state index in [9.17, 15) is 18.0 Å². The molecule has 0 heterocycles. The normalized spacial score (nSPS) is 12.2. The molecule has 7 nitrogen and oxygen atoms in total. The number of halogens is 2. The predicted octanol–water partition coefficient (Wildman–Crippen LogP) is 4.40. The molecule has 10 heteroatoms. The van der Waals surface area contributed by atoms with E-state index >= 15 is 0 Å². The molecule has 2 amide bonds. The van der Waals surface area contributed by atoms with Gasteiger partial charge in [0.05, 0.1) is 11.9 Å².